The number of hydrogen-bond acceptors (Lipinski definition) is 5. The number of aromatic nitrogens is 1. The largest absolute Gasteiger partial charge is 0.508 e. The van der Waals surface area contributed by atoms with Gasteiger partial charge >= 0.3 is 0 Å². The lowest BCUT2D eigenvalue weighted by molar-refractivity contribution is -0.0189. The molecule has 0 amide bonds. The Labute approximate surface area is 127 Å². The third-order valence-corrected chi connectivity index (χ3v) is 3.58. The zero-order valence-corrected chi connectivity index (χ0v) is 12.0. The van der Waals surface area contributed by atoms with Crippen LogP contribution in [-0.4, -0.2) is 44.0 Å². The molecule has 0 saturated heterocycles. The smallest absolute Gasteiger partial charge is 0.166 e. The third-order valence-electron chi connectivity index (χ3n) is 3.58. The highest BCUT2D eigenvalue weighted by molar-refractivity contribution is 5.72. The van der Waals surface area contributed by atoms with E-state index in [9.17, 15) is 20.1 Å². The summed E-state index contributed by atoms with van der Waals surface area (Å²) in [6.45, 7) is -0.142. The molecule has 4 N–H and O–H groups in total. The number of carbonyl (C=O) groups excluding carboxylic acids is 1. The minimum absolute atomic E-state index is 0.181. The number of aryl methyl sites for hydroxylation is 1. The summed E-state index contributed by atoms with van der Waals surface area (Å²) >= 11 is 0. The van der Waals surface area contributed by atoms with E-state index in [1.165, 1.54) is 0 Å². The molecule has 22 heavy (non-hydrogen) atoms. The predicted octanol–water partition coefficient (Wildman–Crippen LogP) is 0.635. The highest BCUT2D eigenvalue weighted by atomic mass is 16.4. The summed E-state index contributed by atoms with van der Waals surface area (Å²) in [5.41, 5.74) is 1.73. The Morgan fingerprint density at radius 2 is 1.77 bits per heavy atom. The summed E-state index contributed by atoms with van der Waals surface area (Å²) in [4.78, 5) is 11.1. The van der Waals surface area contributed by atoms with E-state index >= 15 is 0 Å². The van der Waals surface area contributed by atoms with Gasteiger partial charge in [0.15, 0.2) is 6.29 Å². The van der Waals surface area contributed by atoms with Crippen molar-refractivity contribution in [2.75, 3.05) is 6.61 Å². The van der Waals surface area contributed by atoms with Crippen LogP contribution < -0.4 is 0 Å². The van der Waals surface area contributed by atoms with Crippen LogP contribution in [-0.2, 0) is 13.0 Å². The van der Waals surface area contributed by atoms with Crippen LogP contribution in [0, 0.1) is 0 Å². The van der Waals surface area contributed by atoms with Crippen molar-refractivity contribution in [1.82, 2.24) is 4.57 Å². The maximum atomic E-state index is 11.1. The van der Waals surface area contributed by atoms with Gasteiger partial charge in [-0.2, -0.15) is 0 Å². The molecule has 118 valence electrons. The molecular formula is C16H19NO5. The Morgan fingerprint density at radius 1 is 1.09 bits per heavy atom. The van der Waals surface area contributed by atoms with Gasteiger partial charge in [-0.25, -0.2) is 0 Å². The van der Waals surface area contributed by atoms with Gasteiger partial charge in [0.2, 0.25) is 0 Å². The molecule has 2 rings (SSSR count). The number of hydrogen-bond donors (Lipinski definition) is 4. The lowest BCUT2D eigenvalue weighted by Crippen LogP contribution is -2.25. The number of carbonyl (C=O) groups is 1. The maximum Gasteiger partial charge on any atom is 0.166 e. The number of aliphatic hydroxyl groups excluding tert-OH is 3. The number of nitrogens with zero attached hydrogens (tertiary/aromatic N) is 1. The monoisotopic (exact) mass is 305 g/mol. The van der Waals surface area contributed by atoms with Crippen LogP contribution in [0.5, 0.6) is 5.75 Å². The first-order valence-corrected chi connectivity index (χ1v) is 6.96. The fraction of sp³-hybridized carbons (Fsp3) is 0.312. The summed E-state index contributed by atoms with van der Waals surface area (Å²) < 4.78 is 1.61. The zero-order chi connectivity index (χ0) is 16.1. The van der Waals surface area contributed by atoms with Crippen LogP contribution in [0.2, 0.25) is 0 Å². The molecule has 1 aromatic carbocycles. The minimum Gasteiger partial charge on any atom is -0.508 e. The first-order chi connectivity index (χ1) is 10.6. The summed E-state index contributed by atoms with van der Waals surface area (Å²) in [5, 5.41) is 37.8. The van der Waals surface area contributed by atoms with Crippen molar-refractivity contribution in [1.29, 1.82) is 0 Å². The van der Waals surface area contributed by atoms with Crippen LogP contribution >= 0.6 is 0 Å². The van der Waals surface area contributed by atoms with Gasteiger partial charge < -0.3 is 25.0 Å². The van der Waals surface area contributed by atoms with Crippen molar-refractivity contribution in [3.05, 3.63) is 53.3 Å². The molecule has 0 aliphatic carbocycles. The number of benzene rings is 1. The van der Waals surface area contributed by atoms with Crippen LogP contribution in [0.25, 0.3) is 0 Å². The summed E-state index contributed by atoms with van der Waals surface area (Å²) in [5.74, 6) is 0.181. The topological polar surface area (TPSA) is 103 Å². The molecule has 0 aliphatic heterocycles. The second-order valence-electron chi connectivity index (χ2n) is 5.06. The van der Waals surface area contributed by atoms with E-state index in [0.29, 0.717) is 30.6 Å². The highest BCUT2D eigenvalue weighted by Gasteiger charge is 2.22. The number of rotatable bonds is 7. The van der Waals surface area contributed by atoms with E-state index in [1.807, 2.05) is 0 Å². The van der Waals surface area contributed by atoms with Crippen molar-refractivity contribution in [2.45, 2.75) is 25.2 Å². The molecule has 6 heteroatoms. The molecule has 0 spiro atoms. The Hall–Kier alpha value is -2.15. The first-order valence-electron chi connectivity index (χ1n) is 6.96. The second kappa shape index (κ2) is 7.22. The van der Waals surface area contributed by atoms with Crippen LogP contribution in [0.3, 0.4) is 0 Å². The highest BCUT2D eigenvalue weighted by Crippen LogP contribution is 2.21. The quantitative estimate of drug-likeness (QED) is 0.562. The average Bonchev–Trinajstić information content (AvgIpc) is 2.95. The van der Waals surface area contributed by atoms with Crippen molar-refractivity contribution in [3.8, 4) is 5.75 Å². The normalized spacial score (nSPS) is 13.8. The van der Waals surface area contributed by atoms with E-state index in [1.54, 1.807) is 41.0 Å². The molecule has 1 heterocycles. The molecule has 6 nitrogen and oxygen atoms in total. The van der Waals surface area contributed by atoms with Crippen molar-refractivity contribution in [2.24, 2.45) is 0 Å². The molecule has 0 bridgehead atoms. The maximum absolute atomic E-state index is 11.1. The van der Waals surface area contributed by atoms with Gasteiger partial charge in [-0.15, -0.1) is 0 Å². The second-order valence-corrected chi connectivity index (χ2v) is 5.06. The standard InChI is InChI=1S/C16H19NO5/c18-9-12-3-6-14(16(22)15(21)10-19)17(12)8-7-11-1-4-13(20)5-2-11/h1-6,9,15-16,19-22H,7-8,10H2. The number of aldehydes is 1. The van der Waals surface area contributed by atoms with E-state index in [0.717, 1.165) is 5.56 Å². The lowest BCUT2D eigenvalue weighted by atomic mass is 10.1. The van der Waals surface area contributed by atoms with Crippen LogP contribution in [0.4, 0.5) is 0 Å². The number of aromatic hydroxyl groups is 1. The van der Waals surface area contributed by atoms with Crippen LogP contribution in [0.15, 0.2) is 36.4 Å². The summed E-state index contributed by atoms with van der Waals surface area (Å²) in [7, 11) is 0. The summed E-state index contributed by atoms with van der Waals surface area (Å²) in [6, 6.07) is 9.83. The first kappa shape index (κ1) is 16.2. The molecule has 0 aliphatic rings. The van der Waals surface area contributed by atoms with Crippen molar-refractivity contribution < 1.29 is 25.2 Å². The number of phenols is 1. The Morgan fingerprint density at radius 3 is 2.36 bits per heavy atom. The molecule has 2 atom stereocenters. The van der Waals surface area contributed by atoms with Gasteiger partial charge in [0.25, 0.3) is 0 Å². The Kier molecular flexibility index (Phi) is 5.32. The van der Waals surface area contributed by atoms with Gasteiger partial charge in [-0.05, 0) is 36.2 Å². The SMILES string of the molecule is O=Cc1ccc(C(O)C(O)CO)n1CCc1ccc(O)cc1. The molecule has 2 aromatic rings. The van der Waals surface area contributed by atoms with E-state index in [2.05, 4.69) is 0 Å². The fourth-order valence-corrected chi connectivity index (χ4v) is 2.32. The Balaban J connectivity index is 2.19. The molecular weight excluding hydrogens is 286 g/mol. The van der Waals surface area contributed by atoms with Gasteiger partial charge in [-0.3, -0.25) is 4.79 Å². The summed E-state index contributed by atoms with van der Waals surface area (Å²) in [6.07, 6.45) is -1.30. The molecule has 0 radical (unpaired) electrons. The minimum atomic E-state index is -1.30. The van der Waals surface area contributed by atoms with Crippen molar-refractivity contribution >= 4 is 6.29 Å². The van der Waals surface area contributed by atoms with E-state index in [-0.39, 0.29) is 5.75 Å². The number of aliphatic hydroxyl groups is 3. The van der Waals surface area contributed by atoms with Gasteiger partial charge in [0.05, 0.1) is 12.3 Å². The predicted molar refractivity (Wildman–Crippen MR) is 79.7 cm³/mol. The van der Waals surface area contributed by atoms with Gasteiger partial charge in [0.1, 0.15) is 18.0 Å². The lowest BCUT2D eigenvalue weighted by Gasteiger charge is -2.19. The van der Waals surface area contributed by atoms with Gasteiger partial charge in [-0.1, -0.05) is 12.1 Å². The molecule has 2 unspecified atom stereocenters. The molecule has 1 aromatic heterocycles. The number of phenolic OH excluding ortho intramolecular Hbond substituents is 1. The molecule has 0 saturated carbocycles. The third kappa shape index (κ3) is 3.54. The van der Waals surface area contributed by atoms with Crippen LogP contribution in [0.1, 0.15) is 27.8 Å². The van der Waals surface area contributed by atoms with Crippen molar-refractivity contribution in [3.63, 3.8) is 0 Å². The Bertz CT molecular complexity index is 620. The average molecular weight is 305 g/mol. The van der Waals surface area contributed by atoms with E-state index < -0.39 is 18.8 Å². The molecule has 0 fully saturated rings. The van der Waals surface area contributed by atoms with E-state index in [4.69, 9.17) is 5.11 Å². The fourth-order valence-electron chi connectivity index (χ4n) is 2.32. The zero-order valence-electron chi connectivity index (χ0n) is 12.0. The van der Waals surface area contributed by atoms with Gasteiger partial charge in [0, 0.05) is 12.2 Å².